The number of aromatic nitrogens is 2. The predicted molar refractivity (Wildman–Crippen MR) is 79.7 cm³/mol. The Morgan fingerprint density at radius 3 is 2.76 bits per heavy atom. The van der Waals surface area contributed by atoms with Crippen molar-refractivity contribution in [1.82, 2.24) is 14.7 Å². The van der Waals surface area contributed by atoms with Gasteiger partial charge in [0.05, 0.1) is 18.4 Å². The van der Waals surface area contributed by atoms with Crippen LogP contribution in [-0.2, 0) is 22.4 Å². The number of hydrogen-bond donors (Lipinski definition) is 3. The SMILES string of the molecule is CCC(NS(=O)(=O)Cc1cccc(CO)c1)c1ncc[nH]1. The maximum atomic E-state index is 12.2. The van der Waals surface area contributed by atoms with Crippen LogP contribution in [0, 0.1) is 0 Å². The first-order valence-corrected chi connectivity index (χ1v) is 8.37. The van der Waals surface area contributed by atoms with Gasteiger partial charge in [-0.1, -0.05) is 31.2 Å². The Morgan fingerprint density at radius 2 is 2.14 bits per heavy atom. The van der Waals surface area contributed by atoms with Crippen molar-refractivity contribution in [2.75, 3.05) is 0 Å². The lowest BCUT2D eigenvalue weighted by molar-refractivity contribution is 0.282. The highest BCUT2D eigenvalue weighted by molar-refractivity contribution is 7.88. The van der Waals surface area contributed by atoms with Crippen LogP contribution < -0.4 is 4.72 Å². The van der Waals surface area contributed by atoms with Gasteiger partial charge in [-0.3, -0.25) is 0 Å². The maximum Gasteiger partial charge on any atom is 0.216 e. The van der Waals surface area contributed by atoms with Gasteiger partial charge >= 0.3 is 0 Å². The molecule has 0 bridgehead atoms. The first-order valence-electron chi connectivity index (χ1n) is 6.72. The van der Waals surface area contributed by atoms with Gasteiger partial charge in [-0.2, -0.15) is 0 Å². The van der Waals surface area contributed by atoms with Crippen LogP contribution in [0.3, 0.4) is 0 Å². The molecule has 3 N–H and O–H groups in total. The van der Waals surface area contributed by atoms with Gasteiger partial charge in [0.2, 0.25) is 10.0 Å². The summed E-state index contributed by atoms with van der Waals surface area (Å²) in [5.74, 6) is 0.475. The van der Waals surface area contributed by atoms with E-state index in [0.717, 1.165) is 0 Å². The molecule has 0 saturated carbocycles. The summed E-state index contributed by atoms with van der Waals surface area (Å²) in [7, 11) is -3.49. The molecule has 0 saturated heterocycles. The second-order valence-electron chi connectivity index (χ2n) is 4.79. The molecule has 0 amide bonds. The Hall–Kier alpha value is -1.70. The molecule has 2 rings (SSSR count). The van der Waals surface area contributed by atoms with Crippen molar-refractivity contribution in [2.45, 2.75) is 31.7 Å². The molecule has 21 heavy (non-hydrogen) atoms. The highest BCUT2D eigenvalue weighted by Crippen LogP contribution is 2.15. The molecule has 1 aromatic heterocycles. The zero-order valence-corrected chi connectivity index (χ0v) is 12.6. The number of aliphatic hydroxyl groups excluding tert-OH is 1. The van der Waals surface area contributed by atoms with Crippen molar-refractivity contribution >= 4 is 10.0 Å². The summed E-state index contributed by atoms with van der Waals surface area (Å²) in [5.41, 5.74) is 1.34. The van der Waals surface area contributed by atoms with E-state index < -0.39 is 10.0 Å². The molecule has 0 aliphatic rings. The molecule has 0 radical (unpaired) electrons. The van der Waals surface area contributed by atoms with Gasteiger partial charge in [0.25, 0.3) is 0 Å². The van der Waals surface area contributed by atoms with E-state index in [2.05, 4.69) is 14.7 Å². The minimum atomic E-state index is -3.49. The molecule has 1 atom stereocenters. The monoisotopic (exact) mass is 309 g/mol. The molecule has 7 heteroatoms. The van der Waals surface area contributed by atoms with Crippen molar-refractivity contribution in [1.29, 1.82) is 0 Å². The molecule has 1 unspecified atom stereocenters. The molecule has 0 aliphatic heterocycles. The van der Waals surface area contributed by atoms with E-state index in [0.29, 0.717) is 23.4 Å². The average Bonchev–Trinajstić information content (AvgIpc) is 2.98. The minimum absolute atomic E-state index is 0.106. The fourth-order valence-electron chi connectivity index (χ4n) is 2.10. The number of aromatic amines is 1. The van der Waals surface area contributed by atoms with Crippen molar-refractivity contribution < 1.29 is 13.5 Å². The number of aliphatic hydroxyl groups is 1. The van der Waals surface area contributed by atoms with Gasteiger partial charge in [-0.15, -0.1) is 0 Å². The lowest BCUT2D eigenvalue weighted by Gasteiger charge is -2.15. The summed E-state index contributed by atoms with van der Waals surface area (Å²) < 4.78 is 27.1. The number of sulfonamides is 1. The van der Waals surface area contributed by atoms with Gasteiger partial charge in [0, 0.05) is 12.4 Å². The summed E-state index contributed by atoms with van der Waals surface area (Å²) in [4.78, 5) is 7.01. The average molecular weight is 309 g/mol. The number of rotatable bonds is 7. The normalized spacial score (nSPS) is 13.2. The quantitative estimate of drug-likeness (QED) is 0.722. The fourth-order valence-corrected chi connectivity index (χ4v) is 3.51. The Morgan fingerprint density at radius 1 is 1.38 bits per heavy atom. The molecule has 0 aliphatic carbocycles. The lowest BCUT2D eigenvalue weighted by atomic mass is 10.1. The third kappa shape index (κ3) is 4.38. The van der Waals surface area contributed by atoms with E-state index >= 15 is 0 Å². The van der Waals surface area contributed by atoms with Gasteiger partial charge in [0.15, 0.2) is 0 Å². The third-order valence-corrected chi connectivity index (χ3v) is 4.47. The van der Waals surface area contributed by atoms with Crippen LogP contribution in [0.4, 0.5) is 0 Å². The van der Waals surface area contributed by atoms with Gasteiger partial charge < -0.3 is 10.1 Å². The zero-order chi connectivity index (χ0) is 15.3. The van der Waals surface area contributed by atoms with E-state index in [4.69, 9.17) is 5.11 Å². The van der Waals surface area contributed by atoms with Crippen LogP contribution in [-0.4, -0.2) is 23.5 Å². The molecule has 114 valence electrons. The van der Waals surface area contributed by atoms with Crippen molar-refractivity contribution in [3.8, 4) is 0 Å². The Labute approximate surface area is 124 Å². The van der Waals surface area contributed by atoms with E-state index in [-0.39, 0.29) is 18.4 Å². The number of nitrogens with zero attached hydrogens (tertiary/aromatic N) is 1. The fraction of sp³-hybridized carbons (Fsp3) is 0.357. The van der Waals surface area contributed by atoms with Crippen molar-refractivity contribution in [3.63, 3.8) is 0 Å². The maximum absolute atomic E-state index is 12.2. The molecule has 6 nitrogen and oxygen atoms in total. The second kappa shape index (κ2) is 6.84. The van der Waals surface area contributed by atoms with Crippen molar-refractivity contribution in [3.05, 3.63) is 53.6 Å². The van der Waals surface area contributed by atoms with Crippen LogP contribution in [0.2, 0.25) is 0 Å². The van der Waals surface area contributed by atoms with E-state index in [9.17, 15) is 8.42 Å². The number of H-pyrrole nitrogens is 1. The molecular formula is C14H19N3O3S. The highest BCUT2D eigenvalue weighted by atomic mass is 32.2. The predicted octanol–water partition coefficient (Wildman–Crippen LogP) is 1.47. The number of imidazole rings is 1. The van der Waals surface area contributed by atoms with E-state index in [1.807, 2.05) is 6.92 Å². The third-order valence-electron chi connectivity index (χ3n) is 3.11. The number of hydrogen-bond acceptors (Lipinski definition) is 4. The highest BCUT2D eigenvalue weighted by Gasteiger charge is 2.20. The van der Waals surface area contributed by atoms with Crippen molar-refractivity contribution in [2.24, 2.45) is 0 Å². The summed E-state index contributed by atoms with van der Waals surface area (Å²) >= 11 is 0. The van der Waals surface area contributed by atoms with Crippen LogP contribution in [0.25, 0.3) is 0 Å². The minimum Gasteiger partial charge on any atom is -0.392 e. The first kappa shape index (κ1) is 15.7. The topological polar surface area (TPSA) is 95.1 Å². The van der Waals surface area contributed by atoms with Crippen LogP contribution in [0.15, 0.2) is 36.7 Å². The summed E-state index contributed by atoms with van der Waals surface area (Å²) in [6.07, 6.45) is 3.86. The van der Waals surface area contributed by atoms with E-state index in [1.165, 1.54) is 0 Å². The molecule has 0 spiro atoms. The van der Waals surface area contributed by atoms with Crippen LogP contribution >= 0.6 is 0 Å². The second-order valence-corrected chi connectivity index (χ2v) is 6.54. The standard InChI is InChI=1S/C14H19N3O3S/c1-2-13(14-15-6-7-16-14)17-21(19,20)10-12-5-3-4-11(8-12)9-18/h3-8,13,17-18H,2,9-10H2,1H3,(H,15,16). The number of nitrogens with one attached hydrogen (secondary N) is 2. The zero-order valence-electron chi connectivity index (χ0n) is 11.8. The Bertz CT molecular complexity index is 669. The molecule has 1 aromatic carbocycles. The van der Waals surface area contributed by atoms with Crippen LogP contribution in [0.1, 0.15) is 36.3 Å². The molecule has 2 aromatic rings. The van der Waals surface area contributed by atoms with Crippen LogP contribution in [0.5, 0.6) is 0 Å². The smallest absolute Gasteiger partial charge is 0.216 e. The van der Waals surface area contributed by atoms with Gasteiger partial charge in [0.1, 0.15) is 5.82 Å². The Balaban J connectivity index is 2.10. The Kier molecular flexibility index (Phi) is 5.11. The molecular weight excluding hydrogens is 290 g/mol. The summed E-state index contributed by atoms with van der Waals surface area (Å²) in [5, 5.41) is 9.09. The number of benzene rings is 1. The van der Waals surface area contributed by atoms with E-state index in [1.54, 1.807) is 36.7 Å². The summed E-state index contributed by atoms with van der Waals surface area (Å²) in [6, 6.07) is 6.53. The lowest BCUT2D eigenvalue weighted by Crippen LogP contribution is -2.30. The van der Waals surface area contributed by atoms with Gasteiger partial charge in [-0.25, -0.2) is 18.1 Å². The summed E-state index contributed by atoms with van der Waals surface area (Å²) in [6.45, 7) is 1.79. The molecule has 1 heterocycles. The molecule has 0 fully saturated rings. The first-order chi connectivity index (χ1) is 10.0. The largest absolute Gasteiger partial charge is 0.392 e. The van der Waals surface area contributed by atoms with Gasteiger partial charge in [-0.05, 0) is 17.5 Å².